The number of fused-ring (bicyclic) bond motifs is 1. The summed E-state index contributed by atoms with van der Waals surface area (Å²) in [6.07, 6.45) is 1.45. The fraction of sp³-hybridized carbons (Fsp3) is 0.667. The molecule has 0 aromatic carbocycles. The Morgan fingerprint density at radius 2 is 2.31 bits per heavy atom. The van der Waals surface area contributed by atoms with Crippen LogP contribution in [0.3, 0.4) is 0 Å². The van der Waals surface area contributed by atoms with Crippen LogP contribution in [0.4, 0.5) is 0 Å². The van der Waals surface area contributed by atoms with Crippen LogP contribution in [0, 0.1) is 11.8 Å². The van der Waals surface area contributed by atoms with E-state index < -0.39 is 6.10 Å². The van der Waals surface area contributed by atoms with E-state index in [2.05, 4.69) is 0 Å². The highest BCUT2D eigenvalue weighted by Gasteiger charge is 2.47. The van der Waals surface area contributed by atoms with Crippen LogP contribution < -0.4 is 0 Å². The molecule has 3 unspecified atom stereocenters. The molecule has 3 atom stereocenters. The molecule has 0 amide bonds. The topological polar surface area (TPSA) is 66.8 Å². The average molecular weight is 184 g/mol. The molecule has 1 saturated heterocycles. The van der Waals surface area contributed by atoms with Crippen LogP contribution in [0.15, 0.2) is 11.6 Å². The van der Waals surface area contributed by atoms with Gasteiger partial charge < -0.3 is 14.9 Å². The number of hydrogen-bond acceptors (Lipinski definition) is 4. The third-order valence-corrected chi connectivity index (χ3v) is 2.81. The van der Waals surface area contributed by atoms with Gasteiger partial charge in [0.05, 0.1) is 25.2 Å². The fourth-order valence-electron chi connectivity index (χ4n) is 2.16. The maximum absolute atomic E-state index is 11.1. The minimum atomic E-state index is -0.574. The molecule has 72 valence electrons. The van der Waals surface area contributed by atoms with Gasteiger partial charge in [-0.2, -0.15) is 0 Å². The molecule has 13 heavy (non-hydrogen) atoms. The zero-order valence-corrected chi connectivity index (χ0v) is 7.14. The minimum absolute atomic E-state index is 0.00495. The predicted molar refractivity (Wildman–Crippen MR) is 43.7 cm³/mol. The molecule has 1 saturated carbocycles. The van der Waals surface area contributed by atoms with Crippen molar-refractivity contribution in [3.8, 4) is 0 Å². The number of aliphatic hydroxyl groups is 2. The van der Waals surface area contributed by atoms with E-state index in [9.17, 15) is 9.90 Å². The number of esters is 1. The summed E-state index contributed by atoms with van der Waals surface area (Å²) in [7, 11) is 0. The second-order valence-electron chi connectivity index (χ2n) is 3.48. The highest BCUT2D eigenvalue weighted by Crippen LogP contribution is 2.41. The molecule has 0 spiro atoms. The van der Waals surface area contributed by atoms with Gasteiger partial charge in [0.15, 0.2) is 0 Å². The van der Waals surface area contributed by atoms with E-state index in [1.165, 1.54) is 0 Å². The molecule has 2 rings (SSSR count). The molecular weight excluding hydrogens is 172 g/mol. The number of aliphatic hydroxyl groups excluding tert-OH is 2. The van der Waals surface area contributed by atoms with E-state index in [0.717, 1.165) is 5.57 Å². The number of carbonyl (C=O) groups is 1. The molecule has 0 aromatic heterocycles. The molecule has 0 radical (unpaired) electrons. The lowest BCUT2D eigenvalue weighted by molar-refractivity contribution is -0.141. The van der Waals surface area contributed by atoms with Crippen LogP contribution in [0.1, 0.15) is 6.42 Å². The first kappa shape index (κ1) is 8.72. The van der Waals surface area contributed by atoms with Gasteiger partial charge in [0.1, 0.15) is 0 Å². The van der Waals surface area contributed by atoms with Gasteiger partial charge in [-0.15, -0.1) is 0 Å². The molecule has 2 aliphatic rings. The largest absolute Gasteiger partial charge is 0.465 e. The summed E-state index contributed by atoms with van der Waals surface area (Å²) in [4.78, 5) is 11.1. The predicted octanol–water partition coefficient (Wildman–Crippen LogP) is -0.541. The van der Waals surface area contributed by atoms with Crippen LogP contribution in [0.5, 0.6) is 0 Å². The van der Waals surface area contributed by atoms with Crippen LogP contribution in [0.25, 0.3) is 0 Å². The van der Waals surface area contributed by atoms with Crippen molar-refractivity contribution in [3.63, 3.8) is 0 Å². The Balaban J connectivity index is 2.22. The van der Waals surface area contributed by atoms with Crippen molar-refractivity contribution in [3.05, 3.63) is 11.6 Å². The third-order valence-electron chi connectivity index (χ3n) is 2.81. The van der Waals surface area contributed by atoms with Gasteiger partial charge in [0, 0.05) is 5.92 Å². The molecule has 1 heterocycles. The van der Waals surface area contributed by atoms with Crippen LogP contribution >= 0.6 is 0 Å². The number of rotatable bonds is 1. The van der Waals surface area contributed by atoms with E-state index in [1.807, 2.05) is 0 Å². The summed E-state index contributed by atoms with van der Waals surface area (Å²) < 4.78 is 4.87. The second-order valence-corrected chi connectivity index (χ2v) is 3.48. The highest BCUT2D eigenvalue weighted by atomic mass is 16.5. The standard InChI is InChI=1S/C9H12O4/c10-2-1-5-7-4-13-9(12)6(7)3-8(5)11/h1,6-8,10-11H,2-4H2/b5-1+. The van der Waals surface area contributed by atoms with Crippen molar-refractivity contribution in [2.75, 3.05) is 13.2 Å². The molecule has 2 N–H and O–H groups in total. The van der Waals surface area contributed by atoms with Gasteiger partial charge in [-0.05, 0) is 12.0 Å². The van der Waals surface area contributed by atoms with Gasteiger partial charge in [0.2, 0.25) is 0 Å². The van der Waals surface area contributed by atoms with E-state index in [4.69, 9.17) is 9.84 Å². The first-order valence-corrected chi connectivity index (χ1v) is 4.39. The molecular formula is C9H12O4. The van der Waals surface area contributed by atoms with Crippen LogP contribution in [0.2, 0.25) is 0 Å². The Morgan fingerprint density at radius 3 is 3.00 bits per heavy atom. The minimum Gasteiger partial charge on any atom is -0.465 e. The maximum atomic E-state index is 11.1. The lowest BCUT2D eigenvalue weighted by Gasteiger charge is -2.08. The van der Waals surface area contributed by atoms with Crippen molar-refractivity contribution < 1.29 is 19.7 Å². The number of hydrogen-bond donors (Lipinski definition) is 2. The van der Waals surface area contributed by atoms with E-state index >= 15 is 0 Å². The zero-order valence-electron chi connectivity index (χ0n) is 7.14. The number of ether oxygens (including phenoxy) is 1. The first-order valence-electron chi connectivity index (χ1n) is 4.39. The monoisotopic (exact) mass is 184 g/mol. The molecule has 1 aliphatic carbocycles. The summed E-state index contributed by atoms with van der Waals surface area (Å²) in [5.41, 5.74) is 0.762. The molecule has 4 heteroatoms. The Kier molecular flexibility index (Phi) is 2.09. The Bertz CT molecular complexity index is 258. The lowest BCUT2D eigenvalue weighted by Crippen LogP contribution is -2.10. The maximum Gasteiger partial charge on any atom is 0.309 e. The quantitative estimate of drug-likeness (QED) is 0.424. The average Bonchev–Trinajstić information content (AvgIpc) is 2.58. The Hall–Kier alpha value is -0.870. The first-order chi connectivity index (χ1) is 6.24. The summed E-state index contributed by atoms with van der Waals surface area (Å²) in [6.45, 7) is 0.260. The molecule has 4 nitrogen and oxygen atoms in total. The van der Waals surface area contributed by atoms with Crippen molar-refractivity contribution in [1.29, 1.82) is 0 Å². The smallest absolute Gasteiger partial charge is 0.309 e. The fourth-order valence-corrected chi connectivity index (χ4v) is 2.16. The van der Waals surface area contributed by atoms with E-state index in [-0.39, 0.29) is 24.4 Å². The highest BCUT2D eigenvalue weighted by molar-refractivity contribution is 5.76. The van der Waals surface area contributed by atoms with Gasteiger partial charge in [-0.3, -0.25) is 4.79 Å². The van der Waals surface area contributed by atoms with Crippen molar-refractivity contribution >= 4 is 5.97 Å². The van der Waals surface area contributed by atoms with Gasteiger partial charge in [-0.25, -0.2) is 0 Å². The summed E-state index contributed by atoms with van der Waals surface area (Å²) in [5, 5.41) is 18.3. The second kappa shape index (κ2) is 3.12. The zero-order chi connectivity index (χ0) is 9.42. The van der Waals surface area contributed by atoms with Crippen molar-refractivity contribution in [1.82, 2.24) is 0 Å². The van der Waals surface area contributed by atoms with Gasteiger partial charge >= 0.3 is 5.97 Å². The van der Waals surface area contributed by atoms with Crippen molar-refractivity contribution in [2.24, 2.45) is 11.8 Å². The third kappa shape index (κ3) is 1.26. The Morgan fingerprint density at radius 1 is 1.54 bits per heavy atom. The van der Waals surface area contributed by atoms with E-state index in [0.29, 0.717) is 13.0 Å². The number of carbonyl (C=O) groups excluding carboxylic acids is 1. The molecule has 0 aromatic rings. The van der Waals surface area contributed by atoms with E-state index in [1.54, 1.807) is 6.08 Å². The van der Waals surface area contributed by atoms with Crippen LogP contribution in [-0.2, 0) is 9.53 Å². The summed E-state index contributed by atoms with van der Waals surface area (Å²) in [5.74, 6) is -0.409. The Labute approximate surface area is 75.8 Å². The normalized spacial score (nSPS) is 40.9. The SMILES string of the molecule is O=C1OCC2/C(=C\CO)C(O)CC12. The van der Waals surface area contributed by atoms with Gasteiger partial charge in [-0.1, -0.05) is 6.08 Å². The number of cyclic esters (lactones) is 1. The molecule has 1 aliphatic heterocycles. The summed E-state index contributed by atoms with van der Waals surface area (Å²) >= 11 is 0. The summed E-state index contributed by atoms with van der Waals surface area (Å²) in [6, 6.07) is 0. The lowest BCUT2D eigenvalue weighted by atomic mass is 9.96. The van der Waals surface area contributed by atoms with Crippen molar-refractivity contribution in [2.45, 2.75) is 12.5 Å². The molecule has 0 bridgehead atoms. The van der Waals surface area contributed by atoms with Crippen LogP contribution in [-0.4, -0.2) is 35.5 Å². The van der Waals surface area contributed by atoms with Gasteiger partial charge in [0.25, 0.3) is 0 Å². The molecule has 2 fully saturated rings.